The minimum atomic E-state index is 0.505. The molecule has 3 heteroatoms. The molecular formula is C13H24N2S. The van der Waals surface area contributed by atoms with Crippen molar-refractivity contribution in [1.82, 2.24) is 10.3 Å². The zero-order chi connectivity index (χ0) is 12.1. The lowest BCUT2D eigenvalue weighted by molar-refractivity contribution is 0.376. The van der Waals surface area contributed by atoms with E-state index in [1.54, 1.807) is 11.3 Å². The molecule has 0 bridgehead atoms. The van der Waals surface area contributed by atoms with E-state index in [2.05, 4.69) is 50.3 Å². The second-order valence-electron chi connectivity index (χ2n) is 4.84. The predicted molar refractivity (Wildman–Crippen MR) is 72.2 cm³/mol. The molecule has 1 heterocycles. The summed E-state index contributed by atoms with van der Waals surface area (Å²) in [6, 6.07) is 0.505. The highest BCUT2D eigenvalue weighted by Crippen LogP contribution is 2.30. The average molecular weight is 240 g/mol. The number of nitrogens with one attached hydrogen (secondary N) is 1. The second kappa shape index (κ2) is 6.36. The van der Waals surface area contributed by atoms with Crippen LogP contribution in [0.1, 0.15) is 50.7 Å². The zero-order valence-corrected chi connectivity index (χ0v) is 11.9. The highest BCUT2D eigenvalue weighted by atomic mass is 32.1. The third-order valence-electron chi connectivity index (χ3n) is 2.90. The number of nitrogens with zero attached hydrogens (tertiary/aromatic N) is 1. The van der Waals surface area contributed by atoms with Gasteiger partial charge in [-0.25, -0.2) is 4.98 Å². The third kappa shape index (κ3) is 3.56. The summed E-state index contributed by atoms with van der Waals surface area (Å²) in [5.74, 6) is 1.16. The van der Waals surface area contributed by atoms with Gasteiger partial charge in [-0.1, -0.05) is 20.8 Å². The SMILES string of the molecule is CCCNC(C)C(c1nc(C)cs1)C(C)C. The van der Waals surface area contributed by atoms with Crippen molar-refractivity contribution in [3.8, 4) is 0 Å². The summed E-state index contributed by atoms with van der Waals surface area (Å²) < 4.78 is 0. The Morgan fingerprint density at radius 2 is 2.06 bits per heavy atom. The van der Waals surface area contributed by atoms with Crippen molar-refractivity contribution in [2.24, 2.45) is 5.92 Å². The van der Waals surface area contributed by atoms with Crippen molar-refractivity contribution in [1.29, 1.82) is 0 Å². The molecule has 0 aliphatic rings. The maximum absolute atomic E-state index is 4.64. The molecule has 0 fully saturated rings. The molecule has 1 N–H and O–H groups in total. The Morgan fingerprint density at radius 1 is 1.38 bits per heavy atom. The summed E-state index contributed by atoms with van der Waals surface area (Å²) in [4.78, 5) is 4.64. The molecule has 0 amide bonds. The van der Waals surface area contributed by atoms with Crippen LogP contribution in [0.5, 0.6) is 0 Å². The van der Waals surface area contributed by atoms with Gasteiger partial charge < -0.3 is 5.32 Å². The van der Waals surface area contributed by atoms with Crippen LogP contribution in [0.3, 0.4) is 0 Å². The molecule has 0 radical (unpaired) electrons. The van der Waals surface area contributed by atoms with Gasteiger partial charge in [0.2, 0.25) is 0 Å². The third-order valence-corrected chi connectivity index (χ3v) is 3.96. The number of aryl methyl sites for hydroxylation is 1. The van der Waals surface area contributed by atoms with Crippen LogP contribution in [-0.4, -0.2) is 17.6 Å². The van der Waals surface area contributed by atoms with Crippen LogP contribution in [0.4, 0.5) is 0 Å². The van der Waals surface area contributed by atoms with Gasteiger partial charge in [-0.2, -0.15) is 0 Å². The zero-order valence-electron chi connectivity index (χ0n) is 11.1. The van der Waals surface area contributed by atoms with Gasteiger partial charge in [0.1, 0.15) is 0 Å². The van der Waals surface area contributed by atoms with E-state index in [0.29, 0.717) is 17.9 Å². The summed E-state index contributed by atoms with van der Waals surface area (Å²) >= 11 is 1.80. The number of rotatable bonds is 6. The Kier molecular flexibility index (Phi) is 5.42. The van der Waals surface area contributed by atoms with E-state index < -0.39 is 0 Å². The molecule has 0 saturated carbocycles. The second-order valence-corrected chi connectivity index (χ2v) is 5.73. The number of hydrogen-bond donors (Lipinski definition) is 1. The first kappa shape index (κ1) is 13.7. The normalized spacial score (nSPS) is 15.4. The number of thiazole rings is 1. The summed E-state index contributed by atoms with van der Waals surface area (Å²) in [5.41, 5.74) is 1.15. The van der Waals surface area contributed by atoms with Crippen molar-refractivity contribution >= 4 is 11.3 Å². The molecule has 92 valence electrons. The van der Waals surface area contributed by atoms with E-state index in [-0.39, 0.29) is 0 Å². The standard InChI is InChI=1S/C13H24N2S/c1-6-7-14-11(5)12(9(2)3)13-15-10(4)8-16-13/h8-9,11-12,14H,6-7H2,1-5H3. The molecule has 0 aliphatic heterocycles. The first-order valence-electron chi connectivity index (χ1n) is 6.21. The van der Waals surface area contributed by atoms with Crippen LogP contribution in [-0.2, 0) is 0 Å². The van der Waals surface area contributed by atoms with Crippen LogP contribution in [0.25, 0.3) is 0 Å². The topological polar surface area (TPSA) is 24.9 Å². The number of hydrogen-bond acceptors (Lipinski definition) is 3. The summed E-state index contributed by atoms with van der Waals surface area (Å²) in [7, 11) is 0. The lowest BCUT2D eigenvalue weighted by atomic mass is 9.90. The fourth-order valence-corrected chi connectivity index (χ4v) is 3.27. The van der Waals surface area contributed by atoms with Gasteiger partial charge in [0.15, 0.2) is 0 Å². The fourth-order valence-electron chi connectivity index (χ4n) is 2.10. The van der Waals surface area contributed by atoms with Crippen LogP contribution in [0.2, 0.25) is 0 Å². The van der Waals surface area contributed by atoms with Gasteiger partial charge in [-0.15, -0.1) is 11.3 Å². The molecule has 1 rings (SSSR count). The van der Waals surface area contributed by atoms with Crippen molar-refractivity contribution in [3.63, 3.8) is 0 Å². The van der Waals surface area contributed by atoms with Gasteiger partial charge in [0.05, 0.1) is 5.01 Å². The molecule has 1 aromatic rings. The van der Waals surface area contributed by atoms with E-state index in [0.717, 1.165) is 12.2 Å². The van der Waals surface area contributed by atoms with Crippen molar-refractivity contribution < 1.29 is 0 Å². The van der Waals surface area contributed by atoms with E-state index in [9.17, 15) is 0 Å². The maximum atomic E-state index is 4.64. The molecule has 2 atom stereocenters. The fraction of sp³-hybridized carbons (Fsp3) is 0.769. The quantitative estimate of drug-likeness (QED) is 0.822. The monoisotopic (exact) mass is 240 g/mol. The van der Waals surface area contributed by atoms with Crippen LogP contribution in [0.15, 0.2) is 5.38 Å². The molecule has 2 nitrogen and oxygen atoms in total. The molecule has 16 heavy (non-hydrogen) atoms. The van der Waals surface area contributed by atoms with Crippen LogP contribution in [0, 0.1) is 12.8 Å². The number of aromatic nitrogens is 1. The maximum Gasteiger partial charge on any atom is 0.0977 e. The van der Waals surface area contributed by atoms with Gasteiger partial charge >= 0.3 is 0 Å². The molecule has 1 aromatic heterocycles. The largest absolute Gasteiger partial charge is 0.314 e. The Balaban J connectivity index is 2.74. The molecule has 0 aromatic carbocycles. The van der Waals surface area contributed by atoms with Crippen molar-refractivity contribution in [2.75, 3.05) is 6.54 Å². The van der Waals surface area contributed by atoms with Gasteiger partial charge in [-0.05, 0) is 32.7 Å². The van der Waals surface area contributed by atoms with Crippen LogP contribution >= 0.6 is 11.3 Å². The Hall–Kier alpha value is -0.410. The molecule has 0 aliphatic carbocycles. The Morgan fingerprint density at radius 3 is 2.50 bits per heavy atom. The smallest absolute Gasteiger partial charge is 0.0977 e. The van der Waals surface area contributed by atoms with Gasteiger partial charge in [-0.3, -0.25) is 0 Å². The molecule has 2 unspecified atom stereocenters. The molecule has 0 spiro atoms. The lowest BCUT2D eigenvalue weighted by Crippen LogP contribution is -2.35. The molecular weight excluding hydrogens is 216 g/mol. The first-order valence-corrected chi connectivity index (χ1v) is 7.09. The van der Waals surface area contributed by atoms with E-state index in [1.807, 2.05) is 0 Å². The van der Waals surface area contributed by atoms with Crippen molar-refractivity contribution in [2.45, 2.75) is 53.0 Å². The lowest BCUT2D eigenvalue weighted by Gasteiger charge is -2.26. The Labute approximate surface area is 103 Å². The minimum absolute atomic E-state index is 0.505. The summed E-state index contributed by atoms with van der Waals surface area (Å²) in [5, 5.41) is 7.02. The Bertz CT molecular complexity index is 307. The van der Waals surface area contributed by atoms with Crippen molar-refractivity contribution in [3.05, 3.63) is 16.1 Å². The minimum Gasteiger partial charge on any atom is -0.314 e. The predicted octanol–water partition coefficient (Wildman–Crippen LogP) is 3.58. The average Bonchev–Trinajstić information content (AvgIpc) is 2.61. The summed E-state index contributed by atoms with van der Waals surface area (Å²) in [6.45, 7) is 12.2. The summed E-state index contributed by atoms with van der Waals surface area (Å²) in [6.07, 6.45) is 1.19. The first-order chi connectivity index (χ1) is 7.56. The van der Waals surface area contributed by atoms with Gasteiger partial charge in [0, 0.05) is 23.0 Å². The van der Waals surface area contributed by atoms with E-state index in [4.69, 9.17) is 0 Å². The van der Waals surface area contributed by atoms with Crippen LogP contribution < -0.4 is 5.32 Å². The van der Waals surface area contributed by atoms with E-state index in [1.165, 1.54) is 11.4 Å². The highest BCUT2D eigenvalue weighted by molar-refractivity contribution is 7.09. The van der Waals surface area contributed by atoms with Gasteiger partial charge in [0.25, 0.3) is 0 Å². The van der Waals surface area contributed by atoms with E-state index >= 15 is 0 Å². The molecule has 0 saturated heterocycles. The highest BCUT2D eigenvalue weighted by Gasteiger charge is 2.24.